The molecule has 24 heavy (non-hydrogen) atoms. The number of rotatable bonds is 9. The summed E-state index contributed by atoms with van der Waals surface area (Å²) >= 11 is 0. The summed E-state index contributed by atoms with van der Waals surface area (Å²) in [4.78, 5) is 23.4. The average Bonchev–Trinajstić information content (AvgIpc) is 2.47. The third-order valence-corrected chi connectivity index (χ3v) is 3.28. The van der Waals surface area contributed by atoms with Gasteiger partial charge in [-0.1, -0.05) is 13.8 Å². The van der Waals surface area contributed by atoms with Crippen molar-refractivity contribution < 1.29 is 24.2 Å². The summed E-state index contributed by atoms with van der Waals surface area (Å²) in [6.07, 6.45) is 0.133. The van der Waals surface area contributed by atoms with E-state index < -0.39 is 12.1 Å². The van der Waals surface area contributed by atoms with Gasteiger partial charge >= 0.3 is 5.97 Å². The van der Waals surface area contributed by atoms with Gasteiger partial charge in [-0.25, -0.2) is 4.79 Å². The number of ether oxygens (including phenoxy) is 2. The highest BCUT2D eigenvalue weighted by molar-refractivity contribution is 5.97. The SMILES string of the molecule is CC(C)CCOC(C)C(=O)Nc1cc(C(=O)O)ccc1OC(C)C. The lowest BCUT2D eigenvalue weighted by atomic mass is 10.1. The monoisotopic (exact) mass is 337 g/mol. The lowest BCUT2D eigenvalue weighted by Crippen LogP contribution is -2.28. The fourth-order valence-electron chi connectivity index (χ4n) is 1.91. The number of benzene rings is 1. The van der Waals surface area contributed by atoms with Crippen LogP contribution in [0, 0.1) is 5.92 Å². The van der Waals surface area contributed by atoms with Crippen LogP contribution in [0.5, 0.6) is 5.75 Å². The minimum Gasteiger partial charge on any atom is -0.489 e. The predicted octanol–water partition coefficient (Wildman–Crippen LogP) is 3.56. The van der Waals surface area contributed by atoms with E-state index in [4.69, 9.17) is 14.6 Å². The van der Waals surface area contributed by atoms with E-state index in [9.17, 15) is 9.59 Å². The van der Waals surface area contributed by atoms with E-state index >= 15 is 0 Å². The van der Waals surface area contributed by atoms with Crippen molar-refractivity contribution in [3.8, 4) is 5.75 Å². The van der Waals surface area contributed by atoms with E-state index in [0.717, 1.165) is 6.42 Å². The third-order valence-electron chi connectivity index (χ3n) is 3.28. The van der Waals surface area contributed by atoms with Crippen molar-refractivity contribution >= 4 is 17.6 Å². The van der Waals surface area contributed by atoms with Gasteiger partial charge in [-0.2, -0.15) is 0 Å². The smallest absolute Gasteiger partial charge is 0.335 e. The highest BCUT2D eigenvalue weighted by atomic mass is 16.5. The van der Waals surface area contributed by atoms with E-state index in [1.165, 1.54) is 12.1 Å². The van der Waals surface area contributed by atoms with Crippen LogP contribution in [-0.2, 0) is 9.53 Å². The molecule has 134 valence electrons. The fourth-order valence-corrected chi connectivity index (χ4v) is 1.91. The summed E-state index contributed by atoms with van der Waals surface area (Å²) in [5, 5.41) is 11.8. The second kappa shape index (κ2) is 9.27. The first kappa shape index (κ1) is 20.0. The first-order valence-electron chi connectivity index (χ1n) is 8.17. The standard InChI is InChI=1S/C18H27NO5/c1-11(2)8-9-23-13(5)17(20)19-15-10-14(18(21)22)6-7-16(15)24-12(3)4/h6-7,10-13H,8-9H2,1-5H3,(H,19,20)(H,21,22). The maximum Gasteiger partial charge on any atom is 0.335 e. The molecule has 0 bridgehead atoms. The fraction of sp³-hybridized carbons (Fsp3) is 0.556. The Morgan fingerprint density at radius 2 is 1.83 bits per heavy atom. The Hall–Kier alpha value is -2.08. The Labute approximate surface area is 143 Å². The highest BCUT2D eigenvalue weighted by Crippen LogP contribution is 2.27. The van der Waals surface area contributed by atoms with Gasteiger partial charge in [-0.3, -0.25) is 4.79 Å². The van der Waals surface area contributed by atoms with Crippen LogP contribution < -0.4 is 10.1 Å². The van der Waals surface area contributed by atoms with E-state index in [1.807, 2.05) is 13.8 Å². The molecule has 0 heterocycles. The number of hydrogen-bond acceptors (Lipinski definition) is 4. The van der Waals surface area contributed by atoms with Gasteiger partial charge in [0, 0.05) is 6.61 Å². The van der Waals surface area contributed by atoms with Gasteiger partial charge in [0.2, 0.25) is 0 Å². The molecule has 0 aliphatic heterocycles. The minimum atomic E-state index is -1.07. The molecule has 1 aromatic rings. The number of hydrogen-bond donors (Lipinski definition) is 2. The first-order valence-corrected chi connectivity index (χ1v) is 8.17. The van der Waals surface area contributed by atoms with E-state index in [2.05, 4.69) is 19.2 Å². The molecule has 1 aromatic carbocycles. The summed E-state index contributed by atoms with van der Waals surface area (Å²) in [5.74, 6) is -0.478. The van der Waals surface area contributed by atoms with Gasteiger partial charge in [0.25, 0.3) is 5.91 Å². The Bertz CT molecular complexity index is 569. The van der Waals surface area contributed by atoms with Crippen molar-refractivity contribution in [1.82, 2.24) is 0 Å². The number of amides is 1. The lowest BCUT2D eigenvalue weighted by molar-refractivity contribution is -0.126. The summed E-state index contributed by atoms with van der Waals surface area (Å²) in [7, 11) is 0. The molecule has 0 aromatic heterocycles. The molecule has 0 aliphatic carbocycles. The number of nitrogens with one attached hydrogen (secondary N) is 1. The zero-order valence-electron chi connectivity index (χ0n) is 15.0. The van der Waals surface area contributed by atoms with E-state index in [1.54, 1.807) is 13.0 Å². The Kier molecular flexibility index (Phi) is 7.71. The normalized spacial score (nSPS) is 12.3. The van der Waals surface area contributed by atoms with Gasteiger partial charge < -0.3 is 19.9 Å². The molecule has 1 rings (SSSR count). The zero-order chi connectivity index (χ0) is 18.3. The van der Waals surface area contributed by atoms with Crippen LogP contribution in [0.4, 0.5) is 5.69 Å². The van der Waals surface area contributed by atoms with Crippen molar-refractivity contribution in [3.63, 3.8) is 0 Å². The molecule has 0 fully saturated rings. The first-order chi connectivity index (χ1) is 11.2. The predicted molar refractivity (Wildman–Crippen MR) is 92.7 cm³/mol. The molecule has 0 aliphatic rings. The van der Waals surface area contributed by atoms with Crippen LogP contribution >= 0.6 is 0 Å². The maximum absolute atomic E-state index is 12.3. The largest absolute Gasteiger partial charge is 0.489 e. The van der Waals surface area contributed by atoms with E-state index in [-0.39, 0.29) is 17.6 Å². The molecule has 6 heteroatoms. The zero-order valence-corrected chi connectivity index (χ0v) is 15.0. The summed E-state index contributed by atoms with van der Waals surface area (Å²) in [6.45, 7) is 10.0. The minimum absolute atomic E-state index is 0.0785. The molecular formula is C18H27NO5. The van der Waals surface area contributed by atoms with Crippen molar-refractivity contribution in [2.24, 2.45) is 5.92 Å². The maximum atomic E-state index is 12.3. The van der Waals surface area contributed by atoms with Crippen LogP contribution in [0.1, 0.15) is 51.4 Å². The number of carboxylic acids is 1. The van der Waals surface area contributed by atoms with Crippen LogP contribution in [0.15, 0.2) is 18.2 Å². The van der Waals surface area contributed by atoms with Crippen LogP contribution in [-0.4, -0.2) is 35.8 Å². The van der Waals surface area contributed by atoms with E-state index in [0.29, 0.717) is 24.0 Å². The number of carboxylic acid groups (broad SMARTS) is 1. The molecule has 2 N–H and O–H groups in total. The number of carbonyl (C=O) groups is 2. The second-order valence-electron chi connectivity index (χ2n) is 6.37. The number of aromatic carboxylic acids is 1. The topological polar surface area (TPSA) is 84.9 Å². The summed E-state index contributed by atoms with van der Waals surface area (Å²) in [5.41, 5.74) is 0.405. The molecule has 0 radical (unpaired) electrons. The lowest BCUT2D eigenvalue weighted by Gasteiger charge is -2.18. The van der Waals surface area contributed by atoms with Gasteiger partial charge in [0.15, 0.2) is 0 Å². The molecule has 0 saturated carbocycles. The molecule has 6 nitrogen and oxygen atoms in total. The molecule has 0 spiro atoms. The van der Waals surface area contributed by atoms with Gasteiger partial charge in [-0.15, -0.1) is 0 Å². The van der Waals surface area contributed by atoms with Crippen molar-refractivity contribution in [2.75, 3.05) is 11.9 Å². The summed E-state index contributed by atoms with van der Waals surface area (Å²) < 4.78 is 11.1. The number of anilines is 1. The Balaban J connectivity index is 2.84. The van der Waals surface area contributed by atoms with Crippen LogP contribution in [0.25, 0.3) is 0 Å². The molecule has 1 unspecified atom stereocenters. The van der Waals surface area contributed by atoms with Gasteiger partial charge in [0.1, 0.15) is 11.9 Å². The average molecular weight is 337 g/mol. The molecule has 0 saturated heterocycles. The Morgan fingerprint density at radius 1 is 1.17 bits per heavy atom. The van der Waals surface area contributed by atoms with Crippen molar-refractivity contribution in [1.29, 1.82) is 0 Å². The van der Waals surface area contributed by atoms with Crippen molar-refractivity contribution in [2.45, 2.75) is 53.2 Å². The Morgan fingerprint density at radius 3 is 2.38 bits per heavy atom. The van der Waals surface area contributed by atoms with Gasteiger partial charge in [-0.05, 0) is 51.3 Å². The molecular weight excluding hydrogens is 310 g/mol. The summed E-state index contributed by atoms with van der Waals surface area (Å²) in [6, 6.07) is 4.38. The van der Waals surface area contributed by atoms with Crippen LogP contribution in [0.3, 0.4) is 0 Å². The second-order valence-corrected chi connectivity index (χ2v) is 6.37. The molecule has 1 atom stereocenters. The molecule has 1 amide bonds. The number of carbonyl (C=O) groups excluding carboxylic acids is 1. The third kappa shape index (κ3) is 6.58. The van der Waals surface area contributed by atoms with Crippen LogP contribution in [0.2, 0.25) is 0 Å². The quantitative estimate of drug-likeness (QED) is 0.719. The van der Waals surface area contributed by atoms with Gasteiger partial charge in [0.05, 0.1) is 17.4 Å². The van der Waals surface area contributed by atoms with Crippen molar-refractivity contribution in [3.05, 3.63) is 23.8 Å². The highest BCUT2D eigenvalue weighted by Gasteiger charge is 2.18.